The van der Waals surface area contributed by atoms with Crippen LogP contribution in [0.4, 0.5) is 0 Å². The lowest BCUT2D eigenvalue weighted by Crippen LogP contribution is -2.53. The van der Waals surface area contributed by atoms with Gasteiger partial charge in [0, 0.05) is 31.8 Å². The Bertz CT molecular complexity index is 536. The number of piperidine rings is 1. The largest absolute Gasteiger partial charge is 0.459 e. The predicted octanol–water partition coefficient (Wildman–Crippen LogP) is 2.59. The molecule has 1 aromatic rings. The molecule has 22 heavy (non-hydrogen) atoms. The van der Waals surface area contributed by atoms with Gasteiger partial charge in [0.25, 0.3) is 5.91 Å². The molecule has 1 aromatic heterocycles. The van der Waals surface area contributed by atoms with E-state index in [0.29, 0.717) is 12.2 Å². The highest BCUT2D eigenvalue weighted by atomic mass is 32.2. The lowest BCUT2D eigenvalue weighted by molar-refractivity contribution is -0.132. The van der Waals surface area contributed by atoms with Gasteiger partial charge in [0.05, 0.1) is 11.1 Å². The summed E-state index contributed by atoms with van der Waals surface area (Å²) in [5, 5.41) is 0. The summed E-state index contributed by atoms with van der Waals surface area (Å²) in [6, 6.07) is 3.47. The Hall–Kier alpha value is -1.43. The molecule has 1 spiro atoms. The van der Waals surface area contributed by atoms with Crippen LogP contribution in [0.25, 0.3) is 0 Å². The third kappa shape index (κ3) is 2.76. The van der Waals surface area contributed by atoms with E-state index < -0.39 is 0 Å². The van der Waals surface area contributed by atoms with Crippen molar-refractivity contribution in [3.8, 4) is 0 Å². The van der Waals surface area contributed by atoms with E-state index in [1.165, 1.54) is 6.26 Å². The fraction of sp³-hybridized carbons (Fsp3) is 0.625. The van der Waals surface area contributed by atoms with E-state index in [2.05, 4.69) is 0 Å². The SMILES string of the molecule is CCCC(=O)N1CCC2(CC1)SCCN2C(=O)c1ccco1. The first-order chi connectivity index (χ1) is 10.7. The van der Waals surface area contributed by atoms with Crippen molar-refractivity contribution < 1.29 is 14.0 Å². The molecular formula is C16H22N2O3S. The van der Waals surface area contributed by atoms with E-state index in [4.69, 9.17) is 4.42 Å². The molecule has 2 fully saturated rings. The van der Waals surface area contributed by atoms with E-state index in [1.807, 2.05) is 28.5 Å². The van der Waals surface area contributed by atoms with Crippen molar-refractivity contribution in [2.75, 3.05) is 25.4 Å². The van der Waals surface area contributed by atoms with Crippen LogP contribution in [0.2, 0.25) is 0 Å². The molecule has 5 nitrogen and oxygen atoms in total. The average molecular weight is 322 g/mol. The van der Waals surface area contributed by atoms with Gasteiger partial charge in [-0.15, -0.1) is 11.8 Å². The molecule has 0 aliphatic carbocycles. The van der Waals surface area contributed by atoms with Gasteiger partial charge in [-0.1, -0.05) is 6.92 Å². The summed E-state index contributed by atoms with van der Waals surface area (Å²) in [6.07, 6.45) is 4.74. The molecule has 2 saturated heterocycles. The number of furan rings is 1. The average Bonchev–Trinajstić information content (AvgIpc) is 3.18. The van der Waals surface area contributed by atoms with Gasteiger partial charge in [0.15, 0.2) is 5.76 Å². The number of thioether (sulfide) groups is 1. The fourth-order valence-electron chi connectivity index (χ4n) is 3.32. The number of hydrogen-bond donors (Lipinski definition) is 0. The Morgan fingerprint density at radius 1 is 1.32 bits per heavy atom. The van der Waals surface area contributed by atoms with Crippen molar-refractivity contribution in [3.05, 3.63) is 24.2 Å². The summed E-state index contributed by atoms with van der Waals surface area (Å²) in [5.74, 6) is 1.58. The molecule has 0 bridgehead atoms. The lowest BCUT2D eigenvalue weighted by atomic mass is 10.0. The molecule has 3 rings (SSSR count). The van der Waals surface area contributed by atoms with E-state index in [-0.39, 0.29) is 16.7 Å². The number of amides is 2. The van der Waals surface area contributed by atoms with Crippen LogP contribution in [0.15, 0.2) is 22.8 Å². The number of carbonyl (C=O) groups excluding carboxylic acids is 2. The Kier molecular flexibility index (Phi) is 4.47. The maximum absolute atomic E-state index is 12.6. The van der Waals surface area contributed by atoms with Crippen LogP contribution < -0.4 is 0 Å². The van der Waals surface area contributed by atoms with Crippen molar-refractivity contribution in [1.29, 1.82) is 0 Å². The van der Waals surface area contributed by atoms with Crippen LogP contribution in [0.5, 0.6) is 0 Å². The summed E-state index contributed by atoms with van der Waals surface area (Å²) >= 11 is 1.85. The van der Waals surface area contributed by atoms with Crippen molar-refractivity contribution in [2.24, 2.45) is 0 Å². The predicted molar refractivity (Wildman–Crippen MR) is 85.7 cm³/mol. The lowest BCUT2D eigenvalue weighted by Gasteiger charge is -2.43. The number of nitrogens with zero attached hydrogens (tertiary/aromatic N) is 2. The summed E-state index contributed by atoms with van der Waals surface area (Å²) in [4.78, 5) is 28.4. The van der Waals surface area contributed by atoms with Crippen LogP contribution in [-0.4, -0.2) is 51.9 Å². The zero-order chi connectivity index (χ0) is 15.6. The summed E-state index contributed by atoms with van der Waals surface area (Å²) in [7, 11) is 0. The molecule has 2 aliphatic heterocycles. The molecule has 0 unspecified atom stereocenters. The molecule has 0 N–H and O–H groups in total. The highest BCUT2D eigenvalue weighted by molar-refractivity contribution is 8.00. The van der Waals surface area contributed by atoms with Gasteiger partial charge in [0.1, 0.15) is 0 Å². The maximum Gasteiger partial charge on any atom is 0.290 e. The van der Waals surface area contributed by atoms with Crippen molar-refractivity contribution in [1.82, 2.24) is 9.80 Å². The molecule has 2 amide bonds. The van der Waals surface area contributed by atoms with Crippen LogP contribution in [-0.2, 0) is 4.79 Å². The molecule has 3 heterocycles. The Morgan fingerprint density at radius 3 is 2.73 bits per heavy atom. The number of rotatable bonds is 3. The van der Waals surface area contributed by atoms with Gasteiger partial charge in [-0.25, -0.2) is 0 Å². The van der Waals surface area contributed by atoms with Crippen LogP contribution >= 0.6 is 11.8 Å². The zero-order valence-corrected chi connectivity index (χ0v) is 13.7. The molecule has 120 valence electrons. The fourth-order valence-corrected chi connectivity index (χ4v) is 4.78. The van der Waals surface area contributed by atoms with Crippen LogP contribution in [0.3, 0.4) is 0 Å². The summed E-state index contributed by atoms with van der Waals surface area (Å²) in [5.41, 5.74) is 0. The maximum atomic E-state index is 12.6. The third-order valence-electron chi connectivity index (χ3n) is 4.52. The second-order valence-corrected chi connectivity index (χ2v) is 7.32. The monoisotopic (exact) mass is 322 g/mol. The van der Waals surface area contributed by atoms with Crippen LogP contribution in [0.1, 0.15) is 43.2 Å². The first-order valence-corrected chi connectivity index (χ1v) is 8.92. The first kappa shape index (κ1) is 15.5. The standard InChI is InChI=1S/C16H22N2O3S/c1-2-4-14(19)17-8-6-16(7-9-17)18(10-12-22-16)15(20)13-5-3-11-21-13/h3,5,11H,2,4,6-10,12H2,1H3. The molecular weight excluding hydrogens is 300 g/mol. The highest BCUT2D eigenvalue weighted by Gasteiger charge is 2.47. The second-order valence-electron chi connectivity index (χ2n) is 5.86. The smallest absolute Gasteiger partial charge is 0.290 e. The molecule has 0 saturated carbocycles. The van der Waals surface area contributed by atoms with E-state index in [0.717, 1.165) is 44.6 Å². The van der Waals surface area contributed by atoms with Crippen molar-refractivity contribution in [3.63, 3.8) is 0 Å². The molecule has 0 aromatic carbocycles. The molecule has 0 atom stereocenters. The minimum absolute atomic E-state index is 0.0247. The Labute approximate surface area is 135 Å². The topological polar surface area (TPSA) is 53.8 Å². The van der Waals surface area contributed by atoms with Crippen LogP contribution in [0, 0.1) is 0 Å². The van der Waals surface area contributed by atoms with E-state index in [1.54, 1.807) is 12.1 Å². The van der Waals surface area contributed by atoms with Gasteiger partial charge < -0.3 is 14.2 Å². The Balaban J connectivity index is 1.68. The van der Waals surface area contributed by atoms with E-state index in [9.17, 15) is 9.59 Å². The minimum Gasteiger partial charge on any atom is -0.459 e. The summed E-state index contributed by atoms with van der Waals surface area (Å²) < 4.78 is 5.27. The van der Waals surface area contributed by atoms with Gasteiger partial charge in [-0.2, -0.15) is 0 Å². The van der Waals surface area contributed by atoms with Crippen molar-refractivity contribution in [2.45, 2.75) is 37.5 Å². The second kappa shape index (κ2) is 6.36. The molecule has 2 aliphatic rings. The number of carbonyl (C=O) groups is 2. The Morgan fingerprint density at radius 2 is 2.09 bits per heavy atom. The molecule has 0 radical (unpaired) electrons. The third-order valence-corrected chi connectivity index (χ3v) is 6.07. The minimum atomic E-state index is -0.160. The van der Waals surface area contributed by atoms with Gasteiger partial charge in [0.2, 0.25) is 5.91 Å². The summed E-state index contributed by atoms with van der Waals surface area (Å²) in [6.45, 7) is 4.27. The number of hydrogen-bond acceptors (Lipinski definition) is 4. The van der Waals surface area contributed by atoms with Gasteiger partial charge in [-0.3, -0.25) is 9.59 Å². The van der Waals surface area contributed by atoms with Gasteiger partial charge >= 0.3 is 0 Å². The number of likely N-dealkylation sites (tertiary alicyclic amines) is 1. The zero-order valence-electron chi connectivity index (χ0n) is 12.9. The quantitative estimate of drug-likeness (QED) is 0.858. The highest BCUT2D eigenvalue weighted by Crippen LogP contribution is 2.44. The van der Waals surface area contributed by atoms with E-state index >= 15 is 0 Å². The normalized spacial score (nSPS) is 20.6. The van der Waals surface area contributed by atoms with Gasteiger partial charge in [-0.05, 0) is 31.4 Å². The first-order valence-electron chi connectivity index (χ1n) is 7.93. The molecule has 6 heteroatoms. The van der Waals surface area contributed by atoms with Crippen molar-refractivity contribution >= 4 is 23.6 Å².